The van der Waals surface area contributed by atoms with E-state index in [9.17, 15) is 18.4 Å². The fourth-order valence-corrected chi connectivity index (χ4v) is 3.62. The van der Waals surface area contributed by atoms with Crippen LogP contribution in [0.15, 0.2) is 52.6 Å². The summed E-state index contributed by atoms with van der Waals surface area (Å²) in [5.74, 6) is 0.0926. The first-order valence-corrected chi connectivity index (χ1v) is 9.07. The molecule has 2 N–H and O–H groups in total. The van der Waals surface area contributed by atoms with Crippen LogP contribution in [0.3, 0.4) is 0 Å². The van der Waals surface area contributed by atoms with Gasteiger partial charge in [0.1, 0.15) is 0 Å². The van der Waals surface area contributed by atoms with E-state index >= 15 is 0 Å². The highest BCUT2D eigenvalue weighted by molar-refractivity contribution is 5.63. The lowest BCUT2D eigenvalue weighted by Gasteiger charge is -2.08. The van der Waals surface area contributed by atoms with Crippen LogP contribution in [0.25, 0.3) is 16.9 Å². The topological polar surface area (TPSA) is 118 Å². The van der Waals surface area contributed by atoms with Crippen molar-refractivity contribution in [3.05, 3.63) is 75.0 Å². The van der Waals surface area contributed by atoms with Crippen LogP contribution in [0.1, 0.15) is 29.4 Å². The van der Waals surface area contributed by atoms with Crippen molar-refractivity contribution >= 4 is 5.65 Å². The van der Waals surface area contributed by atoms with Crippen molar-refractivity contribution in [3.63, 3.8) is 0 Å². The molecule has 0 unspecified atom stereocenters. The molecule has 4 aromatic heterocycles. The smallest absolute Gasteiger partial charge is 0.388 e. The second-order valence-electron chi connectivity index (χ2n) is 6.92. The summed E-state index contributed by atoms with van der Waals surface area (Å²) >= 11 is 0. The molecule has 0 spiro atoms. The molecule has 1 aliphatic rings. The third-order valence-electron chi connectivity index (χ3n) is 5.07. The van der Waals surface area contributed by atoms with Crippen molar-refractivity contribution in [3.8, 4) is 17.1 Å². The Morgan fingerprint density at radius 3 is 2.80 bits per heavy atom. The highest BCUT2D eigenvalue weighted by Crippen LogP contribution is 2.55. The highest BCUT2D eigenvalue weighted by atomic mass is 19.3. The van der Waals surface area contributed by atoms with Crippen LogP contribution in [0.4, 0.5) is 8.78 Å². The van der Waals surface area contributed by atoms with E-state index in [1.54, 1.807) is 29.0 Å². The summed E-state index contributed by atoms with van der Waals surface area (Å²) in [4.78, 5) is 36.4. The lowest BCUT2D eigenvalue weighted by atomic mass is 10.1. The monoisotopic (exact) mass is 412 g/mol. The third kappa shape index (κ3) is 3.23. The lowest BCUT2D eigenvalue weighted by molar-refractivity contribution is -0.0528. The Morgan fingerprint density at radius 2 is 2.07 bits per heavy atom. The van der Waals surface area contributed by atoms with E-state index in [1.807, 2.05) is 0 Å². The van der Waals surface area contributed by atoms with Gasteiger partial charge in [-0.2, -0.15) is 13.9 Å². The fourth-order valence-electron chi connectivity index (χ4n) is 3.62. The zero-order valence-corrected chi connectivity index (χ0v) is 15.3. The number of aromatic amines is 2. The molecule has 1 aliphatic carbocycles. The van der Waals surface area contributed by atoms with E-state index in [4.69, 9.17) is 0 Å². The molecule has 11 heteroatoms. The van der Waals surface area contributed by atoms with E-state index in [0.717, 1.165) is 17.5 Å². The van der Waals surface area contributed by atoms with E-state index in [0.29, 0.717) is 11.3 Å². The Bertz CT molecular complexity index is 1340. The maximum Gasteiger partial charge on any atom is 0.388 e. The number of nitrogens with one attached hydrogen (secondary N) is 2. The average molecular weight is 412 g/mol. The summed E-state index contributed by atoms with van der Waals surface area (Å²) < 4.78 is 30.5. The molecule has 4 aromatic rings. The SMILES string of the molecule is O=c1[nH]cc(-c2cc([C@H]3C[C@@H]3c3ccc(OC(F)F)nc3)c3nccn3n2)c(=O)[nH]1. The minimum absolute atomic E-state index is 0.0992. The van der Waals surface area contributed by atoms with Gasteiger partial charge in [0.05, 0.1) is 11.3 Å². The summed E-state index contributed by atoms with van der Waals surface area (Å²) in [6.07, 6.45) is 6.95. The first-order valence-electron chi connectivity index (χ1n) is 9.07. The Morgan fingerprint density at radius 1 is 1.20 bits per heavy atom. The molecule has 0 radical (unpaired) electrons. The fraction of sp³-hybridized carbons (Fsp3) is 0.211. The number of H-pyrrole nitrogens is 2. The molecule has 1 fully saturated rings. The number of pyridine rings is 1. The molecule has 2 atom stereocenters. The second kappa shape index (κ2) is 6.87. The van der Waals surface area contributed by atoms with Gasteiger partial charge in [0.2, 0.25) is 5.88 Å². The molecule has 0 saturated heterocycles. The van der Waals surface area contributed by atoms with Crippen molar-refractivity contribution in [2.45, 2.75) is 24.9 Å². The van der Waals surface area contributed by atoms with Crippen LogP contribution in [0.2, 0.25) is 0 Å². The summed E-state index contributed by atoms with van der Waals surface area (Å²) in [5, 5.41) is 4.42. The van der Waals surface area contributed by atoms with E-state index in [1.165, 1.54) is 18.5 Å². The largest absolute Gasteiger partial charge is 0.417 e. The molecule has 9 nitrogen and oxygen atoms in total. The van der Waals surface area contributed by atoms with Gasteiger partial charge in [-0.15, -0.1) is 0 Å². The molecule has 0 aromatic carbocycles. The summed E-state index contributed by atoms with van der Waals surface area (Å²) in [7, 11) is 0. The van der Waals surface area contributed by atoms with Crippen LogP contribution in [-0.2, 0) is 0 Å². The number of aromatic nitrogens is 6. The van der Waals surface area contributed by atoms with Crippen LogP contribution in [-0.4, -0.2) is 36.2 Å². The predicted molar refractivity (Wildman–Crippen MR) is 101 cm³/mol. The molecule has 152 valence electrons. The number of alkyl halides is 2. The van der Waals surface area contributed by atoms with Crippen molar-refractivity contribution in [2.75, 3.05) is 0 Å². The van der Waals surface area contributed by atoms with Gasteiger partial charge in [-0.1, -0.05) is 6.07 Å². The van der Waals surface area contributed by atoms with Gasteiger partial charge >= 0.3 is 12.3 Å². The summed E-state index contributed by atoms with van der Waals surface area (Å²) in [6.45, 7) is -2.92. The number of nitrogens with zero attached hydrogens (tertiary/aromatic N) is 4. The van der Waals surface area contributed by atoms with Crippen molar-refractivity contribution < 1.29 is 13.5 Å². The Kier molecular flexibility index (Phi) is 4.16. The maximum absolute atomic E-state index is 12.3. The molecule has 0 aliphatic heterocycles. The first-order chi connectivity index (χ1) is 14.5. The molecule has 30 heavy (non-hydrogen) atoms. The van der Waals surface area contributed by atoms with Gasteiger partial charge in [0.25, 0.3) is 5.56 Å². The van der Waals surface area contributed by atoms with E-state index < -0.39 is 17.9 Å². The minimum atomic E-state index is -2.92. The number of rotatable bonds is 5. The van der Waals surface area contributed by atoms with Gasteiger partial charge in [-0.3, -0.25) is 9.78 Å². The van der Waals surface area contributed by atoms with Crippen LogP contribution in [0, 0.1) is 0 Å². The van der Waals surface area contributed by atoms with Crippen LogP contribution < -0.4 is 16.0 Å². The quantitative estimate of drug-likeness (QED) is 0.518. The van der Waals surface area contributed by atoms with Crippen LogP contribution in [0.5, 0.6) is 5.88 Å². The van der Waals surface area contributed by atoms with Gasteiger partial charge in [0, 0.05) is 36.4 Å². The normalized spacial score (nSPS) is 18.1. The minimum Gasteiger partial charge on any atom is -0.417 e. The number of fused-ring (bicyclic) bond motifs is 1. The number of hydrogen-bond acceptors (Lipinski definition) is 6. The molecule has 4 heterocycles. The van der Waals surface area contributed by atoms with Gasteiger partial charge in [-0.05, 0) is 29.9 Å². The summed E-state index contributed by atoms with van der Waals surface area (Å²) in [5.41, 5.74) is 1.96. The lowest BCUT2D eigenvalue weighted by Crippen LogP contribution is -2.23. The van der Waals surface area contributed by atoms with Gasteiger partial charge in [-0.25, -0.2) is 19.3 Å². The van der Waals surface area contributed by atoms with E-state index in [-0.39, 0.29) is 23.3 Å². The van der Waals surface area contributed by atoms with Crippen LogP contribution >= 0.6 is 0 Å². The molecular weight excluding hydrogens is 398 g/mol. The highest BCUT2D eigenvalue weighted by Gasteiger charge is 2.41. The first kappa shape index (κ1) is 18.2. The van der Waals surface area contributed by atoms with Crippen molar-refractivity contribution in [1.82, 2.24) is 29.5 Å². The number of imidazole rings is 1. The number of halogens is 2. The molecular formula is C19H14F2N6O3. The zero-order chi connectivity index (χ0) is 20.8. The third-order valence-corrected chi connectivity index (χ3v) is 5.07. The second-order valence-corrected chi connectivity index (χ2v) is 6.92. The summed E-state index contributed by atoms with van der Waals surface area (Å²) in [6, 6.07) is 4.92. The standard InChI is InChI=1S/C19H14F2N6O3/c20-18(21)30-15-2-1-9(7-23-15)10-5-11(10)12-6-14(26-27-4-3-22-16(12)27)13-8-24-19(29)25-17(13)28/h1-4,6-8,10-11,18H,5H2,(H2,24,25,28,29)/t10-,11+/m1/s1. The molecule has 0 bridgehead atoms. The van der Waals surface area contributed by atoms with Crippen molar-refractivity contribution in [1.29, 1.82) is 0 Å². The molecule has 1 saturated carbocycles. The van der Waals surface area contributed by atoms with Gasteiger partial charge < -0.3 is 9.72 Å². The predicted octanol–water partition coefficient (Wildman–Crippen LogP) is 2.04. The Balaban J connectivity index is 1.50. The van der Waals surface area contributed by atoms with Crippen molar-refractivity contribution in [2.24, 2.45) is 0 Å². The molecule has 0 amide bonds. The Labute approximate surface area is 166 Å². The Hall–Kier alpha value is -3.89. The maximum atomic E-state index is 12.3. The average Bonchev–Trinajstić information content (AvgIpc) is 3.35. The zero-order valence-electron chi connectivity index (χ0n) is 15.3. The molecule has 5 rings (SSSR count). The van der Waals surface area contributed by atoms with Gasteiger partial charge in [0.15, 0.2) is 5.65 Å². The number of hydrogen-bond donors (Lipinski definition) is 2. The van der Waals surface area contributed by atoms with E-state index in [2.05, 4.69) is 29.8 Å². The number of ether oxygens (including phenoxy) is 1.